The van der Waals surface area contributed by atoms with E-state index in [-0.39, 0.29) is 6.61 Å². The largest absolute Gasteiger partial charge is 0.396 e. The van der Waals surface area contributed by atoms with E-state index >= 15 is 0 Å². The molecule has 2 aromatic carbocycles. The summed E-state index contributed by atoms with van der Waals surface area (Å²) >= 11 is 6.22. The molecule has 0 atom stereocenters. The zero-order valence-electron chi connectivity index (χ0n) is 12.8. The van der Waals surface area contributed by atoms with Crippen LogP contribution in [-0.4, -0.2) is 21.3 Å². The number of hydrogen-bond donors (Lipinski definition) is 1. The molecule has 0 aliphatic rings. The lowest BCUT2D eigenvalue weighted by Crippen LogP contribution is -2.00. The summed E-state index contributed by atoms with van der Waals surface area (Å²) in [5.74, 6) is 1.02. The Morgan fingerprint density at radius 3 is 2.55 bits per heavy atom. The molecular weight excluding hydrogens is 296 g/mol. The molecule has 1 N–H and O–H groups in total. The van der Waals surface area contributed by atoms with Crippen molar-refractivity contribution >= 4 is 22.6 Å². The molecule has 0 fully saturated rings. The van der Waals surface area contributed by atoms with Crippen molar-refractivity contribution in [2.75, 3.05) is 6.61 Å². The molecule has 3 rings (SSSR count). The van der Waals surface area contributed by atoms with Gasteiger partial charge in [-0.1, -0.05) is 30.7 Å². The van der Waals surface area contributed by atoms with Crippen LogP contribution in [0.25, 0.3) is 16.7 Å². The summed E-state index contributed by atoms with van der Waals surface area (Å²) in [6.07, 6.45) is 1.53. The van der Waals surface area contributed by atoms with Crippen molar-refractivity contribution in [1.82, 2.24) is 9.55 Å². The van der Waals surface area contributed by atoms with E-state index < -0.39 is 0 Å². The number of nitrogens with zero attached hydrogens (tertiary/aromatic N) is 2. The number of aliphatic hydroxyl groups excluding tert-OH is 1. The minimum Gasteiger partial charge on any atom is -0.396 e. The normalized spacial score (nSPS) is 11.3. The van der Waals surface area contributed by atoms with Gasteiger partial charge in [0.2, 0.25) is 0 Å². The maximum Gasteiger partial charge on any atom is 0.114 e. The third-order valence-corrected chi connectivity index (χ3v) is 4.32. The van der Waals surface area contributed by atoms with Crippen molar-refractivity contribution in [3.63, 3.8) is 0 Å². The zero-order valence-corrected chi connectivity index (χ0v) is 13.6. The Labute approximate surface area is 135 Å². The van der Waals surface area contributed by atoms with Gasteiger partial charge in [0.15, 0.2) is 0 Å². The highest BCUT2D eigenvalue weighted by Gasteiger charge is 2.12. The first kappa shape index (κ1) is 15.1. The summed E-state index contributed by atoms with van der Waals surface area (Å²) in [6.45, 7) is 4.28. The molecule has 3 nitrogen and oxygen atoms in total. The van der Waals surface area contributed by atoms with Gasteiger partial charge in [0, 0.05) is 23.7 Å². The van der Waals surface area contributed by atoms with E-state index in [0.29, 0.717) is 6.42 Å². The average molecular weight is 315 g/mol. The number of rotatable bonds is 4. The van der Waals surface area contributed by atoms with Crippen LogP contribution >= 0.6 is 11.6 Å². The summed E-state index contributed by atoms with van der Waals surface area (Å²) in [7, 11) is 0. The summed E-state index contributed by atoms with van der Waals surface area (Å²) in [5, 5.41) is 9.77. The number of fused-ring (bicyclic) bond motifs is 1. The smallest absolute Gasteiger partial charge is 0.114 e. The maximum absolute atomic E-state index is 9.03. The summed E-state index contributed by atoms with van der Waals surface area (Å²) < 4.78 is 2.18. The van der Waals surface area contributed by atoms with Gasteiger partial charge in [-0.2, -0.15) is 0 Å². The molecule has 22 heavy (non-hydrogen) atoms. The van der Waals surface area contributed by atoms with Crippen molar-refractivity contribution in [1.29, 1.82) is 0 Å². The minimum atomic E-state index is 0.172. The number of halogens is 1. The molecule has 0 radical (unpaired) electrons. The lowest BCUT2D eigenvalue weighted by atomic mass is 10.1. The third-order valence-electron chi connectivity index (χ3n) is 3.92. The van der Waals surface area contributed by atoms with Crippen LogP contribution < -0.4 is 0 Å². The standard InChI is InChI=1S/C18H19ClN2O/c1-3-18-20-16-11-15(19)12(2)10-17(16)21(18)14-6-4-13(5-7-14)8-9-22/h4-7,10-11,22H,3,8-9H2,1-2H3. The number of aryl methyl sites for hydroxylation is 2. The van der Waals surface area contributed by atoms with Crippen LogP contribution in [0.4, 0.5) is 0 Å². The first-order chi connectivity index (χ1) is 10.6. The van der Waals surface area contributed by atoms with E-state index in [1.807, 2.05) is 13.0 Å². The second kappa shape index (κ2) is 6.11. The van der Waals surface area contributed by atoms with Crippen molar-refractivity contribution in [2.24, 2.45) is 0 Å². The molecule has 0 aliphatic heterocycles. The highest BCUT2D eigenvalue weighted by atomic mass is 35.5. The van der Waals surface area contributed by atoms with Gasteiger partial charge < -0.3 is 5.11 Å². The van der Waals surface area contributed by atoms with E-state index in [2.05, 4.69) is 41.8 Å². The Morgan fingerprint density at radius 2 is 1.91 bits per heavy atom. The Bertz CT molecular complexity index is 806. The fourth-order valence-corrected chi connectivity index (χ4v) is 2.88. The van der Waals surface area contributed by atoms with Gasteiger partial charge in [0.25, 0.3) is 0 Å². The molecule has 0 aliphatic carbocycles. The minimum absolute atomic E-state index is 0.172. The fraction of sp³-hybridized carbons (Fsp3) is 0.278. The third kappa shape index (κ3) is 2.62. The number of hydrogen-bond acceptors (Lipinski definition) is 2. The topological polar surface area (TPSA) is 38.0 Å². The highest BCUT2D eigenvalue weighted by Crippen LogP contribution is 2.27. The monoisotopic (exact) mass is 314 g/mol. The van der Waals surface area contributed by atoms with Gasteiger partial charge in [-0.05, 0) is 48.7 Å². The van der Waals surface area contributed by atoms with Crippen molar-refractivity contribution in [3.8, 4) is 5.69 Å². The number of aromatic nitrogens is 2. The van der Waals surface area contributed by atoms with Crippen LogP contribution in [0.3, 0.4) is 0 Å². The Kier molecular flexibility index (Phi) is 4.19. The molecule has 1 aromatic heterocycles. The summed E-state index contributed by atoms with van der Waals surface area (Å²) in [5.41, 5.74) is 5.27. The lowest BCUT2D eigenvalue weighted by Gasteiger charge is -2.10. The molecule has 114 valence electrons. The molecule has 1 heterocycles. The quantitative estimate of drug-likeness (QED) is 0.788. The van der Waals surface area contributed by atoms with E-state index in [0.717, 1.165) is 45.1 Å². The molecule has 0 saturated heterocycles. The Hall–Kier alpha value is -1.84. The van der Waals surface area contributed by atoms with Gasteiger partial charge in [0.05, 0.1) is 11.0 Å². The lowest BCUT2D eigenvalue weighted by molar-refractivity contribution is 0.299. The first-order valence-electron chi connectivity index (χ1n) is 7.51. The first-order valence-corrected chi connectivity index (χ1v) is 7.89. The van der Waals surface area contributed by atoms with Crippen LogP contribution in [0.5, 0.6) is 0 Å². The second-order valence-corrected chi connectivity index (χ2v) is 5.85. The molecule has 0 bridgehead atoms. The van der Waals surface area contributed by atoms with E-state index in [4.69, 9.17) is 21.7 Å². The molecule has 0 spiro atoms. The average Bonchev–Trinajstić information content (AvgIpc) is 2.86. The molecule has 4 heteroatoms. The molecule has 0 unspecified atom stereocenters. The summed E-state index contributed by atoms with van der Waals surface area (Å²) in [4.78, 5) is 4.71. The number of aliphatic hydroxyl groups is 1. The van der Waals surface area contributed by atoms with Crippen molar-refractivity contribution < 1.29 is 5.11 Å². The van der Waals surface area contributed by atoms with Crippen LogP contribution in [-0.2, 0) is 12.8 Å². The fourth-order valence-electron chi connectivity index (χ4n) is 2.72. The van der Waals surface area contributed by atoms with Gasteiger partial charge in [-0.15, -0.1) is 0 Å². The SMILES string of the molecule is CCc1nc2cc(Cl)c(C)cc2n1-c1ccc(CCO)cc1. The van der Waals surface area contributed by atoms with Gasteiger partial charge >= 0.3 is 0 Å². The highest BCUT2D eigenvalue weighted by molar-refractivity contribution is 6.32. The Balaban J connectivity index is 2.17. The second-order valence-electron chi connectivity index (χ2n) is 5.45. The Morgan fingerprint density at radius 1 is 1.18 bits per heavy atom. The molecular formula is C18H19ClN2O. The predicted octanol–water partition coefficient (Wildman–Crippen LogP) is 4.08. The van der Waals surface area contributed by atoms with Crippen LogP contribution in [0, 0.1) is 6.92 Å². The van der Waals surface area contributed by atoms with Crippen molar-refractivity contribution in [3.05, 3.63) is 58.4 Å². The molecule has 0 amide bonds. The predicted molar refractivity (Wildman–Crippen MR) is 91.0 cm³/mol. The molecule has 3 aromatic rings. The van der Waals surface area contributed by atoms with Gasteiger partial charge in [-0.25, -0.2) is 4.98 Å². The van der Waals surface area contributed by atoms with Crippen LogP contribution in [0.15, 0.2) is 36.4 Å². The molecule has 0 saturated carbocycles. The number of benzene rings is 2. The van der Waals surface area contributed by atoms with E-state index in [1.165, 1.54) is 0 Å². The van der Waals surface area contributed by atoms with E-state index in [9.17, 15) is 0 Å². The zero-order chi connectivity index (χ0) is 15.7. The maximum atomic E-state index is 9.03. The number of imidazole rings is 1. The van der Waals surface area contributed by atoms with Gasteiger partial charge in [0.1, 0.15) is 5.82 Å². The van der Waals surface area contributed by atoms with Gasteiger partial charge in [-0.3, -0.25) is 4.57 Å². The van der Waals surface area contributed by atoms with Crippen molar-refractivity contribution in [2.45, 2.75) is 26.7 Å². The van der Waals surface area contributed by atoms with Crippen LogP contribution in [0.1, 0.15) is 23.9 Å². The van der Waals surface area contributed by atoms with E-state index in [1.54, 1.807) is 0 Å². The summed E-state index contributed by atoms with van der Waals surface area (Å²) in [6, 6.07) is 12.3. The van der Waals surface area contributed by atoms with Crippen LogP contribution in [0.2, 0.25) is 5.02 Å².